The van der Waals surface area contributed by atoms with Crippen LogP contribution in [0.15, 0.2) is 59.7 Å². The standard InChI is InChI=1S/C22H23N5O2/c1-14-9-15(6-7-20(14)29-12-16-5-3-4-8-25-16)22(24)17-10-18(23)21(28-2)11-19(17)26-13-27-22/h3-11,13H,12,23-24H2,1-2H3,(H,26,27). The molecule has 1 unspecified atom stereocenters. The number of rotatable bonds is 5. The van der Waals surface area contributed by atoms with Crippen molar-refractivity contribution in [2.45, 2.75) is 19.2 Å². The Morgan fingerprint density at radius 2 is 1.97 bits per heavy atom. The number of nitrogens with one attached hydrogen (secondary N) is 1. The van der Waals surface area contributed by atoms with E-state index in [1.54, 1.807) is 25.7 Å². The highest BCUT2D eigenvalue weighted by Gasteiger charge is 2.34. The number of benzene rings is 2. The third-order valence-electron chi connectivity index (χ3n) is 4.99. The number of nitrogen functional groups attached to an aromatic ring is 1. The van der Waals surface area contributed by atoms with Crippen LogP contribution in [0.5, 0.6) is 11.5 Å². The van der Waals surface area contributed by atoms with Crippen molar-refractivity contribution in [3.8, 4) is 11.5 Å². The number of pyridine rings is 1. The summed E-state index contributed by atoms with van der Waals surface area (Å²) in [5, 5.41) is 3.12. The number of nitrogens with two attached hydrogens (primary N) is 2. The molecule has 0 spiro atoms. The molecule has 0 fully saturated rings. The molecule has 0 saturated carbocycles. The lowest BCUT2D eigenvalue weighted by atomic mass is 9.88. The third kappa shape index (κ3) is 3.48. The Morgan fingerprint density at radius 3 is 2.69 bits per heavy atom. The lowest BCUT2D eigenvalue weighted by molar-refractivity contribution is 0.299. The van der Waals surface area contributed by atoms with Gasteiger partial charge in [0.05, 0.1) is 30.5 Å². The van der Waals surface area contributed by atoms with E-state index in [2.05, 4.69) is 15.3 Å². The van der Waals surface area contributed by atoms with Gasteiger partial charge in [0.1, 0.15) is 18.1 Å². The molecule has 0 radical (unpaired) electrons. The molecule has 4 rings (SSSR count). The number of hydrogen-bond acceptors (Lipinski definition) is 7. The molecule has 29 heavy (non-hydrogen) atoms. The molecule has 0 aliphatic carbocycles. The second kappa shape index (κ2) is 7.44. The van der Waals surface area contributed by atoms with Crippen LogP contribution in [0.1, 0.15) is 22.4 Å². The molecule has 1 atom stereocenters. The fourth-order valence-electron chi connectivity index (χ4n) is 3.39. The van der Waals surface area contributed by atoms with Crippen LogP contribution in [0.2, 0.25) is 0 Å². The Balaban J connectivity index is 1.65. The highest BCUT2D eigenvalue weighted by Crippen LogP contribution is 2.41. The molecule has 7 nitrogen and oxygen atoms in total. The number of methoxy groups -OCH3 is 1. The van der Waals surface area contributed by atoms with E-state index < -0.39 is 5.66 Å². The van der Waals surface area contributed by atoms with E-state index in [-0.39, 0.29) is 0 Å². The van der Waals surface area contributed by atoms with E-state index in [0.29, 0.717) is 18.0 Å². The van der Waals surface area contributed by atoms with Crippen LogP contribution in [0.25, 0.3) is 0 Å². The van der Waals surface area contributed by atoms with Crippen LogP contribution < -0.4 is 26.3 Å². The topological polar surface area (TPSA) is 108 Å². The van der Waals surface area contributed by atoms with E-state index in [1.807, 2.05) is 49.4 Å². The van der Waals surface area contributed by atoms with E-state index in [4.69, 9.17) is 20.9 Å². The molecule has 2 heterocycles. The van der Waals surface area contributed by atoms with Gasteiger partial charge in [0.2, 0.25) is 0 Å². The average molecular weight is 389 g/mol. The third-order valence-corrected chi connectivity index (χ3v) is 4.99. The summed E-state index contributed by atoms with van der Waals surface area (Å²) in [6.07, 6.45) is 3.35. The molecule has 1 aliphatic rings. The normalized spacial score (nSPS) is 17.3. The van der Waals surface area contributed by atoms with Gasteiger partial charge in [0.15, 0.2) is 5.66 Å². The SMILES string of the molecule is COc1cc2c(cc1N)C(N)(c1ccc(OCc3ccccn3)c(C)c1)N=CN2. The molecule has 3 aromatic rings. The van der Waals surface area contributed by atoms with Crippen molar-refractivity contribution in [3.63, 3.8) is 0 Å². The van der Waals surface area contributed by atoms with E-state index in [9.17, 15) is 0 Å². The first-order chi connectivity index (χ1) is 14.0. The maximum atomic E-state index is 6.75. The first-order valence-corrected chi connectivity index (χ1v) is 9.22. The molecule has 0 bridgehead atoms. The van der Waals surface area contributed by atoms with Gasteiger partial charge >= 0.3 is 0 Å². The van der Waals surface area contributed by atoms with Gasteiger partial charge in [0.25, 0.3) is 0 Å². The minimum absolute atomic E-state index is 0.399. The number of nitrogens with zero attached hydrogens (tertiary/aromatic N) is 2. The number of aromatic nitrogens is 1. The summed E-state index contributed by atoms with van der Waals surface area (Å²) < 4.78 is 11.2. The highest BCUT2D eigenvalue weighted by molar-refractivity contribution is 5.84. The van der Waals surface area contributed by atoms with Gasteiger partial charge < -0.3 is 20.5 Å². The summed E-state index contributed by atoms with van der Waals surface area (Å²) in [7, 11) is 1.58. The maximum Gasteiger partial charge on any atom is 0.163 e. The van der Waals surface area contributed by atoms with Crippen molar-refractivity contribution in [1.82, 2.24) is 4.98 Å². The molecule has 7 heteroatoms. The highest BCUT2D eigenvalue weighted by atomic mass is 16.5. The number of hydrogen-bond donors (Lipinski definition) is 3. The second-order valence-electron chi connectivity index (χ2n) is 6.90. The van der Waals surface area contributed by atoms with Crippen LogP contribution in [0.4, 0.5) is 11.4 Å². The Kier molecular flexibility index (Phi) is 4.82. The van der Waals surface area contributed by atoms with Gasteiger partial charge in [-0.15, -0.1) is 0 Å². The van der Waals surface area contributed by atoms with Gasteiger partial charge in [-0.25, -0.2) is 4.99 Å². The smallest absolute Gasteiger partial charge is 0.163 e. The van der Waals surface area contributed by atoms with Crippen LogP contribution in [0.3, 0.4) is 0 Å². The number of aliphatic imine (C=N–C) groups is 1. The maximum absolute atomic E-state index is 6.75. The predicted octanol–water partition coefficient (Wildman–Crippen LogP) is 3.17. The number of aryl methyl sites for hydroxylation is 1. The van der Waals surface area contributed by atoms with E-state index in [0.717, 1.165) is 33.8 Å². The van der Waals surface area contributed by atoms with Crippen molar-refractivity contribution < 1.29 is 9.47 Å². The monoisotopic (exact) mass is 389 g/mol. The molecule has 1 aromatic heterocycles. The van der Waals surface area contributed by atoms with Crippen LogP contribution in [0, 0.1) is 6.92 Å². The van der Waals surface area contributed by atoms with Crippen molar-refractivity contribution in [2.24, 2.45) is 10.7 Å². The minimum Gasteiger partial charge on any atom is -0.495 e. The molecule has 5 N–H and O–H groups in total. The zero-order valence-corrected chi connectivity index (χ0v) is 16.3. The summed E-state index contributed by atoms with van der Waals surface area (Å²) >= 11 is 0. The van der Waals surface area contributed by atoms with Gasteiger partial charge in [-0.2, -0.15) is 0 Å². The zero-order valence-electron chi connectivity index (χ0n) is 16.3. The first-order valence-electron chi connectivity index (χ1n) is 9.22. The number of ether oxygens (including phenoxy) is 2. The van der Waals surface area contributed by atoms with Crippen LogP contribution in [-0.4, -0.2) is 18.4 Å². The lowest BCUT2D eigenvalue weighted by Gasteiger charge is -2.32. The molecule has 1 aliphatic heterocycles. The van der Waals surface area contributed by atoms with Crippen molar-refractivity contribution in [1.29, 1.82) is 0 Å². The van der Waals surface area contributed by atoms with Crippen molar-refractivity contribution >= 4 is 17.7 Å². The fraction of sp³-hybridized carbons (Fsp3) is 0.182. The summed E-state index contributed by atoms with van der Waals surface area (Å²) in [6, 6.07) is 15.2. The molecule has 0 amide bonds. The fourth-order valence-corrected chi connectivity index (χ4v) is 3.39. The van der Waals surface area contributed by atoms with Gasteiger partial charge in [-0.3, -0.25) is 10.7 Å². The van der Waals surface area contributed by atoms with E-state index >= 15 is 0 Å². The molecule has 148 valence electrons. The Labute approximate surface area is 169 Å². The van der Waals surface area contributed by atoms with E-state index in [1.165, 1.54) is 0 Å². The first kappa shape index (κ1) is 18.8. The van der Waals surface area contributed by atoms with Crippen molar-refractivity contribution in [2.75, 3.05) is 18.2 Å². The summed E-state index contributed by atoms with van der Waals surface area (Å²) in [5.41, 5.74) is 16.6. The van der Waals surface area contributed by atoms with Gasteiger partial charge in [-0.05, 0) is 48.4 Å². The van der Waals surface area contributed by atoms with Crippen molar-refractivity contribution in [3.05, 3.63) is 77.1 Å². The second-order valence-corrected chi connectivity index (χ2v) is 6.90. The Morgan fingerprint density at radius 1 is 1.10 bits per heavy atom. The molecule has 2 aromatic carbocycles. The van der Waals surface area contributed by atoms with Crippen LogP contribution in [-0.2, 0) is 12.3 Å². The lowest BCUT2D eigenvalue weighted by Crippen LogP contribution is -2.39. The molecule has 0 saturated heterocycles. The Bertz CT molecular complexity index is 1070. The summed E-state index contributed by atoms with van der Waals surface area (Å²) in [4.78, 5) is 8.81. The number of anilines is 2. The predicted molar refractivity (Wildman–Crippen MR) is 114 cm³/mol. The van der Waals surface area contributed by atoms with Gasteiger partial charge in [0, 0.05) is 17.8 Å². The largest absolute Gasteiger partial charge is 0.495 e. The molecular formula is C22H23N5O2. The molecular weight excluding hydrogens is 366 g/mol. The summed E-state index contributed by atoms with van der Waals surface area (Å²) in [5.74, 6) is 1.36. The van der Waals surface area contributed by atoms with Gasteiger partial charge in [-0.1, -0.05) is 12.1 Å². The minimum atomic E-state index is -1.06. The summed E-state index contributed by atoms with van der Waals surface area (Å²) in [6.45, 7) is 2.38. The quantitative estimate of drug-likeness (QED) is 0.579. The average Bonchev–Trinajstić information content (AvgIpc) is 2.74. The Hall–Kier alpha value is -3.58. The van der Waals surface area contributed by atoms with Crippen LogP contribution >= 0.6 is 0 Å². The zero-order chi connectivity index (χ0) is 20.4. The number of fused-ring (bicyclic) bond motifs is 1.